The Labute approximate surface area is 128 Å². The Bertz CT molecular complexity index is 704. The van der Waals surface area contributed by atoms with Gasteiger partial charge in [-0.25, -0.2) is 8.42 Å². The van der Waals surface area contributed by atoms with E-state index in [1.54, 1.807) is 31.2 Å². The van der Waals surface area contributed by atoms with Crippen molar-refractivity contribution in [1.82, 2.24) is 10.2 Å². The van der Waals surface area contributed by atoms with Crippen LogP contribution >= 0.6 is 11.6 Å². The van der Waals surface area contributed by atoms with Gasteiger partial charge in [0.1, 0.15) is 0 Å². The van der Waals surface area contributed by atoms with Crippen molar-refractivity contribution in [1.29, 1.82) is 0 Å². The number of hydrogen-bond donors (Lipinski definition) is 2. The van der Waals surface area contributed by atoms with Crippen molar-refractivity contribution in [3.63, 3.8) is 0 Å². The van der Waals surface area contributed by atoms with Gasteiger partial charge in [0.25, 0.3) is 0 Å². The highest BCUT2D eigenvalue weighted by molar-refractivity contribution is 7.92. The summed E-state index contributed by atoms with van der Waals surface area (Å²) in [5, 5.41) is 11.4. The Morgan fingerprint density at radius 2 is 1.86 bits per heavy atom. The van der Waals surface area contributed by atoms with E-state index in [1.807, 2.05) is 12.1 Å². The summed E-state index contributed by atoms with van der Waals surface area (Å²) in [6, 6.07) is 10.4. The molecule has 0 unspecified atom stereocenters. The third kappa shape index (κ3) is 4.87. The Balaban J connectivity index is 2.05. The van der Waals surface area contributed by atoms with Crippen LogP contribution in [0.1, 0.15) is 13.3 Å². The molecule has 0 atom stereocenters. The van der Waals surface area contributed by atoms with Gasteiger partial charge in [0.2, 0.25) is 10.0 Å². The second-order valence-corrected chi connectivity index (χ2v) is 6.64. The molecule has 0 aliphatic heterocycles. The SMILES string of the molecule is CCCS(=O)(=O)Nc1ccc(Nc2cccc(Cl)c2)nn1. The number of halogens is 1. The van der Waals surface area contributed by atoms with Gasteiger partial charge in [-0.3, -0.25) is 4.72 Å². The third-order valence-corrected chi connectivity index (χ3v) is 4.20. The molecule has 0 aliphatic rings. The smallest absolute Gasteiger partial charge is 0.233 e. The molecule has 0 bridgehead atoms. The predicted octanol–water partition coefficient (Wildman–Crippen LogP) is 3.03. The summed E-state index contributed by atoms with van der Waals surface area (Å²) in [6.45, 7) is 1.79. The lowest BCUT2D eigenvalue weighted by molar-refractivity contribution is 0.599. The zero-order valence-electron chi connectivity index (χ0n) is 11.4. The summed E-state index contributed by atoms with van der Waals surface area (Å²) in [7, 11) is -3.35. The van der Waals surface area contributed by atoms with Gasteiger partial charge in [-0.15, -0.1) is 10.2 Å². The Morgan fingerprint density at radius 3 is 2.48 bits per heavy atom. The highest BCUT2D eigenvalue weighted by Crippen LogP contribution is 2.19. The van der Waals surface area contributed by atoms with Crippen LogP contribution in [-0.2, 0) is 10.0 Å². The minimum absolute atomic E-state index is 0.0528. The highest BCUT2D eigenvalue weighted by atomic mass is 35.5. The van der Waals surface area contributed by atoms with Gasteiger partial charge in [0.15, 0.2) is 11.6 Å². The maximum Gasteiger partial charge on any atom is 0.233 e. The molecule has 1 aromatic carbocycles. The largest absolute Gasteiger partial charge is 0.339 e. The lowest BCUT2D eigenvalue weighted by Crippen LogP contribution is -2.17. The van der Waals surface area contributed by atoms with E-state index in [-0.39, 0.29) is 11.6 Å². The van der Waals surface area contributed by atoms with Crippen LogP contribution in [-0.4, -0.2) is 24.4 Å². The fourth-order valence-electron chi connectivity index (χ4n) is 1.65. The van der Waals surface area contributed by atoms with Crippen LogP contribution in [0.2, 0.25) is 5.02 Å². The zero-order valence-corrected chi connectivity index (χ0v) is 12.9. The van der Waals surface area contributed by atoms with E-state index in [9.17, 15) is 8.42 Å². The summed E-state index contributed by atoms with van der Waals surface area (Å²) in [5.41, 5.74) is 0.774. The summed E-state index contributed by atoms with van der Waals surface area (Å²) < 4.78 is 25.6. The Morgan fingerprint density at radius 1 is 1.14 bits per heavy atom. The molecule has 1 aromatic heterocycles. The van der Waals surface area contributed by atoms with E-state index in [0.717, 1.165) is 5.69 Å². The second kappa shape index (κ2) is 6.73. The number of rotatable bonds is 6. The van der Waals surface area contributed by atoms with Gasteiger partial charge in [0, 0.05) is 10.7 Å². The first kappa shape index (κ1) is 15.5. The molecule has 2 rings (SSSR count). The van der Waals surface area contributed by atoms with Crippen LogP contribution in [0.25, 0.3) is 0 Å². The molecule has 21 heavy (non-hydrogen) atoms. The van der Waals surface area contributed by atoms with E-state index in [2.05, 4.69) is 20.2 Å². The molecule has 8 heteroatoms. The number of nitrogens with one attached hydrogen (secondary N) is 2. The summed E-state index contributed by atoms with van der Waals surface area (Å²) in [4.78, 5) is 0. The molecule has 0 aliphatic carbocycles. The van der Waals surface area contributed by atoms with Crippen LogP contribution in [0.15, 0.2) is 36.4 Å². The lowest BCUT2D eigenvalue weighted by Gasteiger charge is -2.07. The molecule has 0 saturated heterocycles. The number of hydrogen-bond acceptors (Lipinski definition) is 5. The van der Waals surface area contributed by atoms with Gasteiger partial charge in [-0.1, -0.05) is 24.6 Å². The molecule has 2 aromatic rings. The van der Waals surface area contributed by atoms with Crippen molar-refractivity contribution in [2.75, 3.05) is 15.8 Å². The molecule has 0 spiro atoms. The monoisotopic (exact) mass is 326 g/mol. The van der Waals surface area contributed by atoms with E-state index in [1.165, 1.54) is 0 Å². The second-order valence-electron chi connectivity index (χ2n) is 4.36. The first-order valence-corrected chi connectivity index (χ1v) is 8.38. The summed E-state index contributed by atoms with van der Waals surface area (Å²) in [6.07, 6.45) is 0.539. The highest BCUT2D eigenvalue weighted by Gasteiger charge is 2.09. The maximum atomic E-state index is 11.6. The van der Waals surface area contributed by atoms with E-state index < -0.39 is 10.0 Å². The van der Waals surface area contributed by atoms with E-state index in [4.69, 9.17) is 11.6 Å². The number of nitrogens with zero attached hydrogens (tertiary/aromatic N) is 2. The number of anilines is 3. The van der Waals surface area contributed by atoms with Gasteiger partial charge in [-0.2, -0.15) is 0 Å². The minimum atomic E-state index is -3.35. The van der Waals surface area contributed by atoms with Gasteiger partial charge >= 0.3 is 0 Å². The van der Waals surface area contributed by atoms with Crippen LogP contribution in [0.5, 0.6) is 0 Å². The Hall–Kier alpha value is -1.86. The van der Waals surface area contributed by atoms with Gasteiger partial charge in [0.05, 0.1) is 5.75 Å². The maximum absolute atomic E-state index is 11.6. The molecule has 6 nitrogen and oxygen atoms in total. The fourth-order valence-corrected chi connectivity index (χ4v) is 2.90. The molecule has 0 amide bonds. The predicted molar refractivity (Wildman–Crippen MR) is 84.5 cm³/mol. The standard InChI is InChI=1S/C13H15ClN4O2S/c1-2-8-21(19,20)18-13-7-6-12(16-17-13)15-11-5-3-4-10(14)9-11/h3-7,9H,2,8H2,1H3,(H,15,16)(H,17,18). The number of sulfonamides is 1. The average Bonchev–Trinajstić information content (AvgIpc) is 2.40. The fraction of sp³-hybridized carbons (Fsp3) is 0.231. The van der Waals surface area contributed by atoms with Crippen molar-refractivity contribution in [2.24, 2.45) is 0 Å². The van der Waals surface area contributed by atoms with E-state index >= 15 is 0 Å². The van der Waals surface area contributed by atoms with Crippen molar-refractivity contribution in [3.05, 3.63) is 41.4 Å². The first-order chi connectivity index (χ1) is 9.98. The molecule has 112 valence electrons. The molecule has 0 saturated carbocycles. The normalized spacial score (nSPS) is 11.1. The van der Waals surface area contributed by atoms with Crippen molar-refractivity contribution in [2.45, 2.75) is 13.3 Å². The molecule has 0 fully saturated rings. The lowest BCUT2D eigenvalue weighted by atomic mass is 10.3. The summed E-state index contributed by atoms with van der Waals surface area (Å²) in [5.74, 6) is 0.743. The van der Waals surface area contributed by atoms with Gasteiger partial charge in [-0.05, 0) is 36.8 Å². The number of benzene rings is 1. The quantitative estimate of drug-likeness (QED) is 0.852. The van der Waals surface area contributed by atoms with Crippen molar-refractivity contribution in [3.8, 4) is 0 Å². The van der Waals surface area contributed by atoms with Crippen LogP contribution in [0, 0.1) is 0 Å². The van der Waals surface area contributed by atoms with E-state index in [0.29, 0.717) is 17.3 Å². The zero-order chi connectivity index (χ0) is 15.3. The summed E-state index contributed by atoms with van der Waals surface area (Å²) >= 11 is 5.89. The first-order valence-electron chi connectivity index (χ1n) is 6.35. The van der Waals surface area contributed by atoms with Gasteiger partial charge < -0.3 is 5.32 Å². The van der Waals surface area contributed by atoms with Crippen LogP contribution in [0.3, 0.4) is 0 Å². The molecule has 2 N–H and O–H groups in total. The van der Waals surface area contributed by atoms with Crippen LogP contribution in [0.4, 0.5) is 17.3 Å². The number of aromatic nitrogens is 2. The molecule has 0 radical (unpaired) electrons. The molecule has 1 heterocycles. The van der Waals surface area contributed by atoms with Crippen LogP contribution < -0.4 is 10.0 Å². The molecular formula is C13H15ClN4O2S. The van der Waals surface area contributed by atoms with Crippen molar-refractivity contribution < 1.29 is 8.42 Å². The molecular weight excluding hydrogens is 312 g/mol. The topological polar surface area (TPSA) is 84.0 Å². The Kier molecular flexibility index (Phi) is 4.98. The third-order valence-electron chi connectivity index (χ3n) is 2.49. The minimum Gasteiger partial charge on any atom is -0.339 e. The average molecular weight is 327 g/mol. The van der Waals surface area contributed by atoms with Crippen molar-refractivity contribution >= 4 is 38.9 Å².